The Balaban J connectivity index is 2.31. The molecule has 1 atom stereocenters. The molecule has 0 saturated heterocycles. The van der Waals surface area contributed by atoms with Gasteiger partial charge >= 0.3 is 5.97 Å². The van der Waals surface area contributed by atoms with Crippen molar-refractivity contribution in [2.75, 3.05) is 14.2 Å². The van der Waals surface area contributed by atoms with Crippen LogP contribution in [0.15, 0.2) is 18.2 Å². The first-order valence-electron chi connectivity index (χ1n) is 5.43. The number of ketones is 1. The highest BCUT2D eigenvalue weighted by molar-refractivity contribution is 6.02. The van der Waals surface area contributed by atoms with Crippen LogP contribution < -0.4 is 4.74 Å². The van der Waals surface area contributed by atoms with E-state index >= 15 is 0 Å². The number of rotatable bonds is 3. The highest BCUT2D eigenvalue weighted by atomic mass is 16.5. The molecule has 1 aromatic carbocycles. The molecule has 0 amide bonds. The van der Waals surface area contributed by atoms with Crippen molar-refractivity contribution in [2.45, 2.75) is 18.8 Å². The van der Waals surface area contributed by atoms with Gasteiger partial charge in [-0.3, -0.25) is 9.59 Å². The molecule has 2 rings (SSSR count). The lowest BCUT2D eigenvalue weighted by Gasteiger charge is -2.10. The molecule has 0 fully saturated rings. The maximum atomic E-state index is 11.8. The summed E-state index contributed by atoms with van der Waals surface area (Å²) in [6.45, 7) is 0. The van der Waals surface area contributed by atoms with Crippen LogP contribution >= 0.6 is 0 Å². The van der Waals surface area contributed by atoms with E-state index in [-0.39, 0.29) is 24.1 Å². The van der Waals surface area contributed by atoms with Gasteiger partial charge in [0, 0.05) is 17.9 Å². The van der Waals surface area contributed by atoms with Crippen LogP contribution in [0.5, 0.6) is 5.75 Å². The van der Waals surface area contributed by atoms with Crippen molar-refractivity contribution < 1.29 is 19.1 Å². The molecule has 0 aliphatic heterocycles. The van der Waals surface area contributed by atoms with Crippen molar-refractivity contribution in [3.05, 3.63) is 29.3 Å². The Morgan fingerprint density at radius 1 is 1.41 bits per heavy atom. The average Bonchev–Trinajstić information content (AvgIpc) is 2.65. The molecule has 1 aliphatic rings. The molecule has 1 aromatic rings. The topological polar surface area (TPSA) is 52.6 Å². The summed E-state index contributed by atoms with van der Waals surface area (Å²) in [4.78, 5) is 23.0. The van der Waals surface area contributed by atoms with E-state index in [0.29, 0.717) is 17.7 Å². The molecule has 4 heteroatoms. The lowest BCUT2D eigenvalue weighted by atomic mass is 9.98. The van der Waals surface area contributed by atoms with Gasteiger partial charge in [0.05, 0.1) is 20.6 Å². The third kappa shape index (κ3) is 2.16. The predicted molar refractivity (Wildman–Crippen MR) is 61.3 cm³/mol. The molecule has 0 aromatic heterocycles. The summed E-state index contributed by atoms with van der Waals surface area (Å²) in [6.07, 6.45) is 0.611. The Kier molecular flexibility index (Phi) is 3.13. The number of hydrogen-bond acceptors (Lipinski definition) is 4. The zero-order chi connectivity index (χ0) is 12.4. The molecule has 17 heavy (non-hydrogen) atoms. The van der Waals surface area contributed by atoms with Crippen molar-refractivity contribution in [2.24, 2.45) is 0 Å². The highest BCUT2D eigenvalue weighted by Crippen LogP contribution is 2.37. The number of carbonyl (C=O) groups excluding carboxylic acids is 2. The second kappa shape index (κ2) is 4.57. The number of Topliss-reactive ketones (excluding diaryl/α,β-unsaturated/α-hetero) is 1. The van der Waals surface area contributed by atoms with Crippen LogP contribution in [-0.2, 0) is 9.53 Å². The minimum atomic E-state index is -0.293. The first kappa shape index (κ1) is 11.6. The first-order valence-corrected chi connectivity index (χ1v) is 5.43. The molecule has 0 radical (unpaired) electrons. The molecule has 1 aliphatic carbocycles. The normalized spacial score (nSPS) is 17.8. The van der Waals surface area contributed by atoms with Crippen LogP contribution in [0.25, 0.3) is 0 Å². The Labute approximate surface area is 99.5 Å². The summed E-state index contributed by atoms with van der Waals surface area (Å²) in [6, 6.07) is 5.35. The molecular formula is C13H14O4. The van der Waals surface area contributed by atoms with Crippen molar-refractivity contribution in [1.29, 1.82) is 0 Å². The lowest BCUT2D eigenvalue weighted by molar-refractivity contribution is -0.141. The summed E-state index contributed by atoms with van der Waals surface area (Å²) >= 11 is 0. The van der Waals surface area contributed by atoms with Crippen LogP contribution in [0.4, 0.5) is 0 Å². The fourth-order valence-electron chi connectivity index (χ4n) is 2.17. The van der Waals surface area contributed by atoms with E-state index in [1.807, 2.05) is 6.07 Å². The summed E-state index contributed by atoms with van der Waals surface area (Å²) in [5.41, 5.74) is 1.58. The molecule has 0 spiro atoms. The van der Waals surface area contributed by atoms with Gasteiger partial charge in [-0.2, -0.15) is 0 Å². The van der Waals surface area contributed by atoms with Crippen LogP contribution in [0.3, 0.4) is 0 Å². The maximum Gasteiger partial charge on any atom is 0.306 e. The van der Waals surface area contributed by atoms with Gasteiger partial charge in [-0.05, 0) is 23.8 Å². The quantitative estimate of drug-likeness (QED) is 0.750. The molecule has 90 valence electrons. The fourth-order valence-corrected chi connectivity index (χ4v) is 2.17. The summed E-state index contributed by atoms with van der Waals surface area (Å²) in [7, 11) is 2.93. The van der Waals surface area contributed by atoms with E-state index in [4.69, 9.17) is 4.74 Å². The van der Waals surface area contributed by atoms with Crippen LogP contribution in [0.1, 0.15) is 34.7 Å². The zero-order valence-corrected chi connectivity index (χ0v) is 9.86. The zero-order valence-electron chi connectivity index (χ0n) is 9.86. The smallest absolute Gasteiger partial charge is 0.306 e. The van der Waals surface area contributed by atoms with E-state index < -0.39 is 0 Å². The minimum absolute atomic E-state index is 0.0801. The minimum Gasteiger partial charge on any atom is -0.497 e. The third-order valence-corrected chi connectivity index (χ3v) is 3.07. The second-order valence-electron chi connectivity index (χ2n) is 4.06. The van der Waals surface area contributed by atoms with Gasteiger partial charge in [0.15, 0.2) is 5.78 Å². The SMILES string of the molecule is COC(=O)C[C@H]1CC(=O)c2ccc(OC)cc21. The van der Waals surface area contributed by atoms with Crippen molar-refractivity contribution in [3.8, 4) is 5.75 Å². The largest absolute Gasteiger partial charge is 0.497 e. The van der Waals surface area contributed by atoms with Gasteiger partial charge < -0.3 is 9.47 Å². The van der Waals surface area contributed by atoms with E-state index in [1.165, 1.54) is 7.11 Å². The van der Waals surface area contributed by atoms with Crippen molar-refractivity contribution >= 4 is 11.8 Å². The Morgan fingerprint density at radius 3 is 2.82 bits per heavy atom. The molecule has 0 unspecified atom stereocenters. The Morgan fingerprint density at radius 2 is 2.18 bits per heavy atom. The number of ether oxygens (including phenoxy) is 2. The van der Waals surface area contributed by atoms with Crippen LogP contribution in [0.2, 0.25) is 0 Å². The van der Waals surface area contributed by atoms with Crippen molar-refractivity contribution in [3.63, 3.8) is 0 Å². The third-order valence-electron chi connectivity index (χ3n) is 3.07. The Hall–Kier alpha value is -1.84. The first-order chi connectivity index (χ1) is 8.15. The van der Waals surface area contributed by atoms with Gasteiger partial charge in [0.1, 0.15) is 5.75 Å². The standard InChI is InChI=1S/C13H14O4/c1-16-9-3-4-10-11(7-9)8(5-12(10)14)6-13(15)17-2/h3-4,7-8H,5-6H2,1-2H3/t8-/m1/s1. The van der Waals surface area contributed by atoms with Gasteiger partial charge in [-0.1, -0.05) is 0 Å². The number of hydrogen-bond donors (Lipinski definition) is 0. The lowest BCUT2D eigenvalue weighted by Crippen LogP contribution is -2.06. The van der Waals surface area contributed by atoms with Gasteiger partial charge in [-0.25, -0.2) is 0 Å². The molecule has 0 saturated carbocycles. The molecule has 0 heterocycles. The van der Waals surface area contributed by atoms with Gasteiger partial charge in [-0.15, -0.1) is 0 Å². The second-order valence-corrected chi connectivity index (χ2v) is 4.06. The van der Waals surface area contributed by atoms with E-state index in [0.717, 1.165) is 5.56 Å². The molecule has 0 N–H and O–H groups in total. The van der Waals surface area contributed by atoms with Crippen LogP contribution in [0, 0.1) is 0 Å². The summed E-state index contributed by atoms with van der Waals surface area (Å²) in [5, 5.41) is 0. The number of carbonyl (C=O) groups is 2. The number of methoxy groups -OCH3 is 2. The van der Waals surface area contributed by atoms with Gasteiger partial charge in [0.2, 0.25) is 0 Å². The molecule has 0 bridgehead atoms. The number of fused-ring (bicyclic) bond motifs is 1. The van der Waals surface area contributed by atoms with E-state index in [2.05, 4.69) is 4.74 Å². The van der Waals surface area contributed by atoms with Crippen molar-refractivity contribution in [1.82, 2.24) is 0 Å². The number of esters is 1. The Bertz CT molecular complexity index is 464. The predicted octanol–water partition coefficient (Wildman–Crippen LogP) is 1.93. The fraction of sp³-hybridized carbons (Fsp3) is 0.385. The van der Waals surface area contributed by atoms with E-state index in [1.54, 1.807) is 19.2 Å². The van der Waals surface area contributed by atoms with Gasteiger partial charge in [0.25, 0.3) is 0 Å². The van der Waals surface area contributed by atoms with E-state index in [9.17, 15) is 9.59 Å². The molecule has 4 nitrogen and oxygen atoms in total. The average molecular weight is 234 g/mol. The maximum absolute atomic E-state index is 11.8. The monoisotopic (exact) mass is 234 g/mol. The summed E-state index contributed by atoms with van der Waals surface area (Å²) in [5.74, 6) is 0.406. The highest BCUT2D eigenvalue weighted by Gasteiger charge is 2.31. The summed E-state index contributed by atoms with van der Waals surface area (Å²) < 4.78 is 9.76. The molecular weight excluding hydrogens is 220 g/mol. The van der Waals surface area contributed by atoms with Crippen LogP contribution in [-0.4, -0.2) is 26.0 Å². The number of benzene rings is 1.